The van der Waals surface area contributed by atoms with Gasteiger partial charge in [0.2, 0.25) is 0 Å². The predicted molar refractivity (Wildman–Crippen MR) is 217 cm³/mol. The molecule has 0 amide bonds. The van der Waals surface area contributed by atoms with Gasteiger partial charge in [-0.3, -0.25) is 4.98 Å². The van der Waals surface area contributed by atoms with Crippen molar-refractivity contribution in [3.05, 3.63) is 194 Å². The van der Waals surface area contributed by atoms with E-state index in [1.807, 2.05) is 103 Å². The van der Waals surface area contributed by atoms with Gasteiger partial charge in [0.05, 0.1) is 11.4 Å². The topological polar surface area (TPSA) is 77.3 Å². The summed E-state index contributed by atoms with van der Waals surface area (Å²) in [6, 6.07) is 61.7. The number of aromatic nitrogens is 6. The van der Waals surface area contributed by atoms with E-state index in [-0.39, 0.29) is 0 Å². The smallest absolute Gasteiger partial charge is 0.164 e. The van der Waals surface area contributed by atoms with Crippen LogP contribution < -0.4 is 0 Å². The molecule has 0 unspecified atom stereocenters. The van der Waals surface area contributed by atoms with Crippen molar-refractivity contribution in [2.75, 3.05) is 0 Å². The van der Waals surface area contributed by atoms with Crippen molar-refractivity contribution in [3.63, 3.8) is 0 Å². The van der Waals surface area contributed by atoms with E-state index in [1.54, 1.807) is 0 Å². The lowest BCUT2D eigenvalue weighted by Crippen LogP contribution is -2.00. The quantitative estimate of drug-likeness (QED) is 0.158. The second-order valence-electron chi connectivity index (χ2n) is 12.8. The molecular weight excluding hydrogens is 661 g/mol. The van der Waals surface area contributed by atoms with Crippen molar-refractivity contribution in [3.8, 4) is 90.3 Å². The van der Waals surface area contributed by atoms with Crippen molar-refractivity contribution < 1.29 is 0 Å². The molecule has 0 bridgehead atoms. The number of hydrogen-bond donors (Lipinski definition) is 0. The Hall–Kier alpha value is -7.44. The molecule has 0 radical (unpaired) electrons. The van der Waals surface area contributed by atoms with Crippen molar-refractivity contribution in [1.82, 2.24) is 29.9 Å². The molecule has 3 heterocycles. The summed E-state index contributed by atoms with van der Waals surface area (Å²) < 4.78 is 0. The van der Waals surface area contributed by atoms with E-state index in [0.29, 0.717) is 23.3 Å². The standard InChI is InChI=1S/C48H32N6/c1-4-11-36(12-5-1)43-32-44(51-45(50-43)39-23-19-33(20-24-39)35-27-29-49-30-28-35)42-18-10-17-41(31-42)34-21-25-40(26-22-34)48-53-46(37-13-6-2-7-14-37)52-47(54-48)38-15-8-3-9-16-38/h1-32H. The molecule has 6 heteroatoms. The summed E-state index contributed by atoms with van der Waals surface area (Å²) >= 11 is 0. The summed E-state index contributed by atoms with van der Waals surface area (Å²) in [5, 5.41) is 0. The Morgan fingerprint density at radius 2 is 0.574 bits per heavy atom. The molecule has 54 heavy (non-hydrogen) atoms. The molecule has 0 saturated carbocycles. The van der Waals surface area contributed by atoms with Crippen LogP contribution in [0.15, 0.2) is 194 Å². The zero-order valence-corrected chi connectivity index (χ0v) is 29.2. The predicted octanol–water partition coefficient (Wildman–Crippen LogP) is 11.4. The molecule has 3 aromatic heterocycles. The van der Waals surface area contributed by atoms with Crippen LogP contribution in [-0.2, 0) is 0 Å². The highest BCUT2D eigenvalue weighted by atomic mass is 15.0. The van der Waals surface area contributed by atoms with E-state index in [1.165, 1.54) is 0 Å². The first-order valence-electron chi connectivity index (χ1n) is 17.8. The second-order valence-corrected chi connectivity index (χ2v) is 12.8. The third-order valence-electron chi connectivity index (χ3n) is 9.29. The molecule has 0 saturated heterocycles. The molecule has 0 aliphatic carbocycles. The molecular formula is C48H32N6. The van der Waals surface area contributed by atoms with Crippen molar-refractivity contribution in [1.29, 1.82) is 0 Å². The largest absolute Gasteiger partial charge is 0.265 e. The maximum absolute atomic E-state index is 5.11. The summed E-state index contributed by atoms with van der Waals surface area (Å²) in [4.78, 5) is 28.9. The van der Waals surface area contributed by atoms with Gasteiger partial charge in [0.25, 0.3) is 0 Å². The van der Waals surface area contributed by atoms with Crippen LogP contribution in [0.4, 0.5) is 0 Å². The number of rotatable bonds is 8. The Balaban J connectivity index is 1.06. The fourth-order valence-electron chi connectivity index (χ4n) is 6.44. The van der Waals surface area contributed by atoms with Gasteiger partial charge in [-0.05, 0) is 46.5 Å². The Bertz CT molecular complexity index is 2610. The lowest BCUT2D eigenvalue weighted by atomic mass is 9.99. The number of pyridine rings is 1. The molecule has 6 aromatic carbocycles. The van der Waals surface area contributed by atoms with Crippen molar-refractivity contribution >= 4 is 0 Å². The minimum atomic E-state index is 0.624. The maximum Gasteiger partial charge on any atom is 0.164 e. The maximum atomic E-state index is 5.11. The first-order chi connectivity index (χ1) is 26.7. The first kappa shape index (κ1) is 32.5. The van der Waals surface area contributed by atoms with Crippen LogP contribution in [0.5, 0.6) is 0 Å². The van der Waals surface area contributed by atoms with Crippen LogP contribution in [-0.4, -0.2) is 29.9 Å². The highest BCUT2D eigenvalue weighted by Crippen LogP contribution is 2.32. The van der Waals surface area contributed by atoms with Gasteiger partial charge < -0.3 is 0 Å². The van der Waals surface area contributed by atoms with Crippen LogP contribution in [0.3, 0.4) is 0 Å². The van der Waals surface area contributed by atoms with Crippen LogP contribution in [0.1, 0.15) is 0 Å². The van der Waals surface area contributed by atoms with Gasteiger partial charge in [-0.25, -0.2) is 24.9 Å². The van der Waals surface area contributed by atoms with Crippen LogP contribution in [0, 0.1) is 0 Å². The molecule has 254 valence electrons. The van der Waals surface area contributed by atoms with Crippen LogP contribution in [0.25, 0.3) is 90.3 Å². The van der Waals surface area contributed by atoms with E-state index in [2.05, 4.69) is 96.0 Å². The van der Waals surface area contributed by atoms with Gasteiger partial charge in [-0.1, -0.05) is 158 Å². The van der Waals surface area contributed by atoms with E-state index < -0.39 is 0 Å². The summed E-state index contributed by atoms with van der Waals surface area (Å²) in [5.41, 5.74) is 11.9. The lowest BCUT2D eigenvalue weighted by Gasteiger charge is -2.11. The van der Waals surface area contributed by atoms with Gasteiger partial charge in [0.15, 0.2) is 23.3 Å². The van der Waals surface area contributed by atoms with Crippen molar-refractivity contribution in [2.45, 2.75) is 0 Å². The zero-order valence-electron chi connectivity index (χ0n) is 29.2. The summed E-state index contributed by atoms with van der Waals surface area (Å²) in [7, 11) is 0. The molecule has 0 fully saturated rings. The summed E-state index contributed by atoms with van der Waals surface area (Å²) in [5.74, 6) is 2.57. The SMILES string of the molecule is c1ccc(-c2cc(-c3cccc(-c4ccc(-c5nc(-c6ccccc6)nc(-c6ccccc6)n5)cc4)c3)nc(-c3ccc(-c4ccncc4)cc3)n2)cc1. The third-order valence-corrected chi connectivity index (χ3v) is 9.29. The molecule has 0 atom stereocenters. The van der Waals surface area contributed by atoms with Gasteiger partial charge in [0.1, 0.15) is 0 Å². The second kappa shape index (κ2) is 14.7. The van der Waals surface area contributed by atoms with Crippen LogP contribution >= 0.6 is 0 Å². The molecule has 9 rings (SSSR count). The highest BCUT2D eigenvalue weighted by Gasteiger charge is 2.14. The molecule has 9 aromatic rings. The summed E-state index contributed by atoms with van der Waals surface area (Å²) in [6.45, 7) is 0. The van der Waals surface area contributed by atoms with Gasteiger partial charge in [0, 0.05) is 45.8 Å². The number of nitrogens with zero attached hydrogens (tertiary/aromatic N) is 6. The number of benzene rings is 6. The minimum Gasteiger partial charge on any atom is -0.265 e. The summed E-state index contributed by atoms with van der Waals surface area (Å²) in [6.07, 6.45) is 3.62. The fourth-order valence-corrected chi connectivity index (χ4v) is 6.44. The van der Waals surface area contributed by atoms with Gasteiger partial charge in [-0.2, -0.15) is 0 Å². The average Bonchev–Trinajstić information content (AvgIpc) is 3.27. The Morgan fingerprint density at radius 1 is 0.222 bits per heavy atom. The van der Waals surface area contributed by atoms with E-state index >= 15 is 0 Å². The molecule has 6 nitrogen and oxygen atoms in total. The van der Waals surface area contributed by atoms with E-state index in [0.717, 1.165) is 67.0 Å². The normalized spacial score (nSPS) is 11.0. The first-order valence-corrected chi connectivity index (χ1v) is 17.8. The average molecular weight is 693 g/mol. The van der Waals surface area contributed by atoms with E-state index in [9.17, 15) is 0 Å². The molecule has 0 N–H and O–H groups in total. The van der Waals surface area contributed by atoms with Crippen molar-refractivity contribution in [2.24, 2.45) is 0 Å². The highest BCUT2D eigenvalue weighted by molar-refractivity contribution is 5.77. The molecule has 0 spiro atoms. The Morgan fingerprint density at radius 3 is 1.09 bits per heavy atom. The molecule has 0 aliphatic heterocycles. The minimum absolute atomic E-state index is 0.624. The van der Waals surface area contributed by atoms with Crippen LogP contribution in [0.2, 0.25) is 0 Å². The Labute approximate surface area is 313 Å². The third kappa shape index (κ3) is 6.92. The lowest BCUT2D eigenvalue weighted by molar-refractivity contribution is 1.07. The molecule has 0 aliphatic rings. The fraction of sp³-hybridized carbons (Fsp3) is 0. The van der Waals surface area contributed by atoms with Gasteiger partial charge >= 0.3 is 0 Å². The monoisotopic (exact) mass is 692 g/mol. The number of hydrogen-bond acceptors (Lipinski definition) is 6. The zero-order chi connectivity index (χ0) is 36.1. The Kier molecular flexibility index (Phi) is 8.81. The van der Waals surface area contributed by atoms with Gasteiger partial charge in [-0.15, -0.1) is 0 Å². The van der Waals surface area contributed by atoms with E-state index in [4.69, 9.17) is 24.9 Å².